The number of nitrogens with zero attached hydrogens (tertiary/aromatic N) is 5. The Morgan fingerprint density at radius 3 is 2.63 bits per heavy atom. The number of carbonyl (C=O) groups excluding carboxylic acids is 2. The lowest BCUT2D eigenvalue weighted by Gasteiger charge is -2.21. The first kappa shape index (κ1) is 31.1. The third-order valence-corrected chi connectivity index (χ3v) is 7.26. The van der Waals surface area contributed by atoms with Crippen molar-refractivity contribution in [1.29, 1.82) is 5.26 Å². The van der Waals surface area contributed by atoms with Crippen molar-refractivity contribution in [2.24, 2.45) is 11.7 Å². The molecule has 2 unspecified atom stereocenters. The van der Waals surface area contributed by atoms with Crippen molar-refractivity contribution in [1.82, 2.24) is 19.4 Å². The van der Waals surface area contributed by atoms with Crippen LogP contribution >= 0.6 is 0 Å². The van der Waals surface area contributed by atoms with Gasteiger partial charge >= 0.3 is 5.97 Å². The highest BCUT2D eigenvalue weighted by Gasteiger charge is 2.25. The maximum absolute atomic E-state index is 12.8. The SMILES string of the molecule is CCC(C)C(N)C(=O)O[C@@H](C)n1cc(-c2cccc(C#N)c2)c2cc(-c3cncc(NC(=O)/C=C/CN(C)C)c3)cnc21. The third-order valence-electron chi connectivity index (χ3n) is 7.26. The molecular weight excluding hydrogens is 542 g/mol. The van der Waals surface area contributed by atoms with E-state index in [1.54, 1.807) is 42.2 Å². The minimum Gasteiger partial charge on any atom is -0.440 e. The molecule has 1 aromatic carbocycles. The second-order valence-electron chi connectivity index (χ2n) is 10.8. The minimum absolute atomic E-state index is 0.0192. The fourth-order valence-corrected chi connectivity index (χ4v) is 4.56. The van der Waals surface area contributed by atoms with Crippen LogP contribution < -0.4 is 11.1 Å². The smallest absolute Gasteiger partial charge is 0.325 e. The number of ether oxygens (including phenoxy) is 1. The van der Waals surface area contributed by atoms with Crippen LogP contribution in [0.5, 0.6) is 0 Å². The monoisotopic (exact) mass is 579 g/mol. The van der Waals surface area contributed by atoms with Crippen molar-refractivity contribution in [3.63, 3.8) is 0 Å². The second kappa shape index (κ2) is 13.9. The Labute approximate surface area is 251 Å². The third kappa shape index (κ3) is 7.52. The quantitative estimate of drug-likeness (QED) is 0.184. The molecule has 4 rings (SSSR count). The van der Waals surface area contributed by atoms with Gasteiger partial charge in [0.1, 0.15) is 11.7 Å². The summed E-state index contributed by atoms with van der Waals surface area (Å²) >= 11 is 0. The molecule has 43 heavy (non-hydrogen) atoms. The Hall–Kier alpha value is -4.85. The summed E-state index contributed by atoms with van der Waals surface area (Å²) in [5, 5.41) is 13.1. The van der Waals surface area contributed by atoms with Gasteiger partial charge in [-0.05, 0) is 56.8 Å². The highest BCUT2D eigenvalue weighted by atomic mass is 16.6. The summed E-state index contributed by atoms with van der Waals surface area (Å²) in [6.07, 6.45) is 10.2. The maximum atomic E-state index is 12.8. The number of carbonyl (C=O) groups is 2. The lowest BCUT2D eigenvalue weighted by atomic mass is 10.0. The molecule has 3 aromatic heterocycles. The number of aromatic nitrogens is 3. The predicted octanol–water partition coefficient (Wildman–Crippen LogP) is 5.13. The average molecular weight is 580 g/mol. The van der Waals surface area contributed by atoms with E-state index in [1.807, 2.05) is 69.4 Å². The normalized spacial score (nSPS) is 13.5. The molecule has 3 heterocycles. The van der Waals surface area contributed by atoms with E-state index in [1.165, 1.54) is 6.08 Å². The van der Waals surface area contributed by atoms with Crippen molar-refractivity contribution in [3.05, 3.63) is 78.9 Å². The molecule has 0 saturated carbocycles. The molecule has 4 aromatic rings. The Morgan fingerprint density at radius 1 is 1.14 bits per heavy atom. The van der Waals surface area contributed by atoms with Crippen LogP contribution in [0.1, 0.15) is 39.0 Å². The van der Waals surface area contributed by atoms with Crippen LogP contribution in [0.2, 0.25) is 0 Å². The van der Waals surface area contributed by atoms with Crippen LogP contribution in [0.25, 0.3) is 33.3 Å². The summed E-state index contributed by atoms with van der Waals surface area (Å²) in [6, 6.07) is 12.6. The van der Waals surface area contributed by atoms with Gasteiger partial charge in [0.25, 0.3) is 0 Å². The second-order valence-corrected chi connectivity index (χ2v) is 10.8. The average Bonchev–Trinajstić information content (AvgIpc) is 3.39. The Kier molecular flexibility index (Phi) is 10.0. The van der Waals surface area contributed by atoms with Crippen LogP contribution in [-0.2, 0) is 14.3 Å². The summed E-state index contributed by atoms with van der Waals surface area (Å²) in [7, 11) is 3.86. The molecule has 3 N–H and O–H groups in total. The molecule has 0 saturated heterocycles. The van der Waals surface area contributed by atoms with Gasteiger partial charge in [0.05, 0.1) is 23.5 Å². The molecule has 10 nitrogen and oxygen atoms in total. The maximum Gasteiger partial charge on any atom is 0.325 e. The summed E-state index contributed by atoms with van der Waals surface area (Å²) in [5.74, 6) is -0.744. The number of rotatable bonds is 11. The molecule has 222 valence electrons. The molecule has 0 fully saturated rings. The van der Waals surface area contributed by atoms with Crippen molar-refractivity contribution in [2.45, 2.75) is 39.5 Å². The molecule has 0 spiro atoms. The van der Waals surface area contributed by atoms with Gasteiger partial charge in [0.2, 0.25) is 5.91 Å². The van der Waals surface area contributed by atoms with E-state index >= 15 is 0 Å². The van der Waals surface area contributed by atoms with Crippen molar-refractivity contribution in [2.75, 3.05) is 26.0 Å². The van der Waals surface area contributed by atoms with Crippen LogP contribution in [0, 0.1) is 17.2 Å². The molecule has 10 heteroatoms. The van der Waals surface area contributed by atoms with Crippen molar-refractivity contribution < 1.29 is 14.3 Å². The van der Waals surface area contributed by atoms with Crippen LogP contribution in [-0.4, -0.2) is 58.0 Å². The van der Waals surface area contributed by atoms with Gasteiger partial charge in [-0.2, -0.15) is 5.26 Å². The van der Waals surface area contributed by atoms with Crippen LogP contribution in [0.15, 0.2) is 73.3 Å². The molecule has 1 amide bonds. The van der Waals surface area contributed by atoms with E-state index in [-0.39, 0.29) is 11.8 Å². The Balaban J connectivity index is 1.73. The van der Waals surface area contributed by atoms with Gasteiger partial charge in [-0.1, -0.05) is 38.5 Å². The topological polar surface area (TPSA) is 139 Å². The number of amides is 1. The summed E-state index contributed by atoms with van der Waals surface area (Å²) in [6.45, 7) is 6.32. The lowest BCUT2D eigenvalue weighted by molar-refractivity contribution is -0.155. The fraction of sp³-hybridized carbons (Fsp3) is 0.303. The number of nitriles is 1. The van der Waals surface area contributed by atoms with E-state index in [0.717, 1.165) is 34.1 Å². The van der Waals surface area contributed by atoms with Crippen molar-refractivity contribution in [3.8, 4) is 28.3 Å². The Bertz CT molecular complexity index is 1690. The fourth-order valence-electron chi connectivity index (χ4n) is 4.56. The highest BCUT2D eigenvalue weighted by molar-refractivity contribution is 6.00. The molecule has 0 aliphatic rings. The highest BCUT2D eigenvalue weighted by Crippen LogP contribution is 2.35. The van der Waals surface area contributed by atoms with Gasteiger partial charge in [0.15, 0.2) is 6.23 Å². The minimum atomic E-state index is -0.732. The summed E-state index contributed by atoms with van der Waals surface area (Å²) in [5.41, 5.74) is 11.0. The number of nitrogens with one attached hydrogen (secondary N) is 1. The number of pyridine rings is 2. The molecule has 3 atom stereocenters. The van der Waals surface area contributed by atoms with Crippen molar-refractivity contribution >= 4 is 28.6 Å². The van der Waals surface area contributed by atoms with Crippen LogP contribution in [0.4, 0.5) is 5.69 Å². The van der Waals surface area contributed by atoms with E-state index < -0.39 is 18.2 Å². The van der Waals surface area contributed by atoms with Gasteiger partial charge < -0.3 is 20.7 Å². The molecule has 0 aliphatic heterocycles. The predicted molar refractivity (Wildman–Crippen MR) is 168 cm³/mol. The summed E-state index contributed by atoms with van der Waals surface area (Å²) in [4.78, 5) is 36.2. The number of fused-ring (bicyclic) bond motifs is 1. The first-order chi connectivity index (χ1) is 20.6. The first-order valence-electron chi connectivity index (χ1n) is 14.2. The number of anilines is 1. The van der Waals surface area contributed by atoms with Crippen LogP contribution in [0.3, 0.4) is 0 Å². The largest absolute Gasteiger partial charge is 0.440 e. The first-order valence-corrected chi connectivity index (χ1v) is 14.2. The lowest BCUT2D eigenvalue weighted by Crippen LogP contribution is -2.38. The molecule has 0 bridgehead atoms. The van der Waals surface area contributed by atoms with Gasteiger partial charge in [-0.3, -0.25) is 19.1 Å². The molecular formula is C33H37N7O3. The zero-order chi connectivity index (χ0) is 31.1. The number of hydrogen-bond donors (Lipinski definition) is 2. The number of likely N-dealkylation sites (N-methyl/N-ethyl adjacent to an activating group) is 1. The standard InChI is InChI=1S/C33H37N7O3/c1-6-21(2)31(35)33(42)43-22(3)40-20-29(24-10-7-9-23(13-24)16-34)28-15-26(18-37-32(28)40)25-14-27(19-36-17-25)38-30(41)11-8-12-39(4)5/h7-11,13-15,17-22,31H,6,12,35H2,1-5H3,(H,38,41)/b11-8+/t21?,22-,31?/m0/s1. The zero-order valence-corrected chi connectivity index (χ0v) is 25.1. The molecule has 0 radical (unpaired) electrons. The molecule has 0 aliphatic carbocycles. The van der Waals surface area contributed by atoms with Gasteiger partial charge in [-0.25, -0.2) is 4.98 Å². The van der Waals surface area contributed by atoms with E-state index in [0.29, 0.717) is 23.4 Å². The van der Waals surface area contributed by atoms with E-state index in [4.69, 9.17) is 15.5 Å². The summed E-state index contributed by atoms with van der Waals surface area (Å²) < 4.78 is 7.58. The number of esters is 1. The van der Waals surface area contributed by atoms with E-state index in [2.05, 4.69) is 16.4 Å². The number of benzene rings is 1. The Morgan fingerprint density at radius 2 is 1.91 bits per heavy atom. The number of nitrogens with two attached hydrogens (primary N) is 1. The van der Waals surface area contributed by atoms with E-state index in [9.17, 15) is 14.9 Å². The van der Waals surface area contributed by atoms with Gasteiger partial charge in [0, 0.05) is 53.3 Å². The van der Waals surface area contributed by atoms with Gasteiger partial charge in [-0.15, -0.1) is 0 Å². The zero-order valence-electron chi connectivity index (χ0n) is 25.1. The number of hydrogen-bond acceptors (Lipinski definition) is 8.